The van der Waals surface area contributed by atoms with Crippen molar-refractivity contribution in [3.8, 4) is 0 Å². The average molecular weight is 333 g/mol. The Kier molecular flexibility index (Phi) is 3.98. The first-order valence-electron chi connectivity index (χ1n) is 7.77. The Bertz CT molecular complexity index is 640. The van der Waals surface area contributed by atoms with E-state index >= 15 is 0 Å². The highest BCUT2D eigenvalue weighted by molar-refractivity contribution is 7.12. The standard InChI is InChI=1S/C16H19N3OS2/c20-16(15-14(3-8-22-15)12-1-2-12)19-6-4-18(5-7-19)9-13-10-21-11-17-13/h3,8,10-12H,1-2,4-7,9H2. The maximum absolute atomic E-state index is 12.7. The van der Waals surface area contributed by atoms with Crippen LogP contribution < -0.4 is 0 Å². The molecule has 0 N–H and O–H groups in total. The first kappa shape index (κ1) is 14.4. The van der Waals surface area contributed by atoms with Crippen molar-refractivity contribution in [3.05, 3.63) is 38.5 Å². The summed E-state index contributed by atoms with van der Waals surface area (Å²) in [6.45, 7) is 4.43. The third kappa shape index (κ3) is 2.95. The van der Waals surface area contributed by atoms with Crippen LogP contribution in [-0.4, -0.2) is 46.9 Å². The molecule has 6 heteroatoms. The molecule has 0 radical (unpaired) electrons. The molecule has 0 unspecified atom stereocenters. The average Bonchev–Trinajstić information content (AvgIpc) is 3.06. The molecule has 2 aromatic heterocycles. The second-order valence-corrected chi connectivity index (χ2v) is 7.66. The minimum Gasteiger partial charge on any atom is -0.335 e. The molecule has 1 aliphatic carbocycles. The van der Waals surface area contributed by atoms with Gasteiger partial charge < -0.3 is 4.90 Å². The maximum Gasteiger partial charge on any atom is 0.264 e. The Hall–Kier alpha value is -1.24. The molecule has 4 nitrogen and oxygen atoms in total. The van der Waals surface area contributed by atoms with E-state index in [9.17, 15) is 4.79 Å². The zero-order valence-corrected chi connectivity index (χ0v) is 14.0. The van der Waals surface area contributed by atoms with Crippen LogP contribution in [0.1, 0.15) is 39.7 Å². The number of aromatic nitrogens is 1. The number of amides is 1. The predicted molar refractivity (Wildman–Crippen MR) is 89.6 cm³/mol. The van der Waals surface area contributed by atoms with E-state index in [0.29, 0.717) is 5.92 Å². The van der Waals surface area contributed by atoms with Crippen LogP contribution >= 0.6 is 22.7 Å². The van der Waals surface area contributed by atoms with Gasteiger partial charge in [-0.05, 0) is 35.8 Å². The first-order valence-corrected chi connectivity index (χ1v) is 9.59. The molecule has 2 aliphatic rings. The largest absolute Gasteiger partial charge is 0.335 e. The molecular formula is C16H19N3OS2. The fourth-order valence-electron chi connectivity index (χ4n) is 3.01. The van der Waals surface area contributed by atoms with Gasteiger partial charge in [0.15, 0.2) is 0 Å². The van der Waals surface area contributed by atoms with Gasteiger partial charge in [-0.25, -0.2) is 4.98 Å². The van der Waals surface area contributed by atoms with Crippen molar-refractivity contribution < 1.29 is 4.79 Å². The fraction of sp³-hybridized carbons (Fsp3) is 0.500. The van der Waals surface area contributed by atoms with Crippen LogP contribution in [0.4, 0.5) is 0 Å². The van der Waals surface area contributed by atoms with Gasteiger partial charge in [-0.1, -0.05) is 0 Å². The molecule has 1 saturated heterocycles. The van der Waals surface area contributed by atoms with Crippen LogP contribution in [0.2, 0.25) is 0 Å². The first-order chi connectivity index (χ1) is 10.8. The highest BCUT2D eigenvalue weighted by Gasteiger charge is 2.31. The normalized spacial score (nSPS) is 19.5. The summed E-state index contributed by atoms with van der Waals surface area (Å²) in [5.41, 5.74) is 4.31. The minimum atomic E-state index is 0.241. The molecule has 2 aromatic rings. The van der Waals surface area contributed by atoms with Gasteiger partial charge in [0.05, 0.1) is 16.1 Å². The van der Waals surface area contributed by atoms with Crippen LogP contribution in [0.25, 0.3) is 0 Å². The quantitative estimate of drug-likeness (QED) is 0.863. The third-order valence-electron chi connectivity index (χ3n) is 4.44. The summed E-state index contributed by atoms with van der Waals surface area (Å²) in [6, 6.07) is 2.15. The third-order valence-corrected chi connectivity index (χ3v) is 5.99. The maximum atomic E-state index is 12.7. The van der Waals surface area contributed by atoms with Gasteiger partial charge in [0, 0.05) is 38.1 Å². The Balaban J connectivity index is 1.36. The molecule has 0 spiro atoms. The van der Waals surface area contributed by atoms with Crippen LogP contribution in [-0.2, 0) is 6.54 Å². The monoisotopic (exact) mass is 333 g/mol. The van der Waals surface area contributed by atoms with Gasteiger partial charge >= 0.3 is 0 Å². The summed E-state index contributed by atoms with van der Waals surface area (Å²) in [5, 5.41) is 4.17. The molecule has 0 aromatic carbocycles. The van der Waals surface area contributed by atoms with Crippen molar-refractivity contribution in [1.29, 1.82) is 0 Å². The lowest BCUT2D eigenvalue weighted by molar-refractivity contribution is 0.0631. The summed E-state index contributed by atoms with van der Waals surface area (Å²) in [5.74, 6) is 0.890. The van der Waals surface area contributed by atoms with Crippen molar-refractivity contribution in [2.75, 3.05) is 26.2 Å². The van der Waals surface area contributed by atoms with E-state index in [1.165, 1.54) is 18.4 Å². The Morgan fingerprint density at radius 2 is 2.09 bits per heavy atom. The van der Waals surface area contributed by atoms with Crippen molar-refractivity contribution in [1.82, 2.24) is 14.8 Å². The SMILES string of the molecule is O=C(c1sccc1C1CC1)N1CCN(Cc2cscn2)CC1. The molecule has 4 rings (SSSR count). The number of thiophene rings is 1. The number of piperazine rings is 1. The topological polar surface area (TPSA) is 36.4 Å². The number of carbonyl (C=O) groups is 1. The molecule has 3 heterocycles. The highest BCUT2D eigenvalue weighted by Crippen LogP contribution is 2.43. The number of rotatable bonds is 4. The number of hydrogen-bond donors (Lipinski definition) is 0. The zero-order chi connectivity index (χ0) is 14.9. The Morgan fingerprint density at radius 1 is 1.27 bits per heavy atom. The van der Waals surface area contributed by atoms with Gasteiger partial charge in [0.1, 0.15) is 0 Å². The predicted octanol–water partition coefficient (Wildman–Crippen LogP) is 3.04. The Labute approximate surface area is 138 Å². The van der Waals surface area contributed by atoms with Gasteiger partial charge in [0.25, 0.3) is 5.91 Å². The number of carbonyl (C=O) groups excluding carboxylic acids is 1. The van der Waals surface area contributed by atoms with E-state index in [1.54, 1.807) is 22.7 Å². The van der Waals surface area contributed by atoms with E-state index in [4.69, 9.17) is 0 Å². The van der Waals surface area contributed by atoms with Crippen LogP contribution in [0.3, 0.4) is 0 Å². The van der Waals surface area contributed by atoms with Crippen molar-refractivity contribution >= 4 is 28.6 Å². The van der Waals surface area contributed by atoms with Gasteiger partial charge in [-0.15, -0.1) is 22.7 Å². The minimum absolute atomic E-state index is 0.241. The molecule has 2 fully saturated rings. The second-order valence-electron chi connectivity index (χ2n) is 6.03. The number of hydrogen-bond acceptors (Lipinski definition) is 5. The number of nitrogens with zero attached hydrogens (tertiary/aromatic N) is 3. The van der Waals surface area contributed by atoms with Crippen LogP contribution in [0.5, 0.6) is 0 Å². The summed E-state index contributed by atoms with van der Waals surface area (Å²) < 4.78 is 0. The summed E-state index contributed by atoms with van der Waals surface area (Å²) in [7, 11) is 0. The molecule has 116 valence electrons. The van der Waals surface area contributed by atoms with Crippen molar-refractivity contribution in [2.24, 2.45) is 0 Å². The van der Waals surface area contributed by atoms with Crippen molar-refractivity contribution in [3.63, 3.8) is 0 Å². The van der Waals surface area contributed by atoms with E-state index in [2.05, 4.69) is 26.7 Å². The van der Waals surface area contributed by atoms with Crippen LogP contribution in [0, 0.1) is 0 Å². The molecule has 22 heavy (non-hydrogen) atoms. The van der Waals surface area contributed by atoms with Gasteiger partial charge in [-0.3, -0.25) is 9.69 Å². The van der Waals surface area contributed by atoms with E-state index in [1.807, 2.05) is 10.4 Å². The second kappa shape index (κ2) is 6.10. The van der Waals surface area contributed by atoms with Gasteiger partial charge in [0.2, 0.25) is 0 Å². The lowest BCUT2D eigenvalue weighted by atomic mass is 10.1. The summed E-state index contributed by atoms with van der Waals surface area (Å²) >= 11 is 3.25. The summed E-state index contributed by atoms with van der Waals surface area (Å²) in [4.78, 5) is 22.5. The Morgan fingerprint density at radius 3 is 2.77 bits per heavy atom. The van der Waals surface area contributed by atoms with Gasteiger partial charge in [-0.2, -0.15) is 0 Å². The van der Waals surface area contributed by atoms with Crippen LogP contribution in [0.15, 0.2) is 22.3 Å². The summed E-state index contributed by atoms with van der Waals surface area (Å²) in [6.07, 6.45) is 2.50. The van der Waals surface area contributed by atoms with Crippen molar-refractivity contribution in [2.45, 2.75) is 25.3 Å². The molecule has 0 atom stereocenters. The molecule has 0 bridgehead atoms. The highest BCUT2D eigenvalue weighted by atomic mass is 32.1. The fourth-order valence-corrected chi connectivity index (χ4v) is 4.51. The molecule has 1 aliphatic heterocycles. The lowest BCUT2D eigenvalue weighted by Crippen LogP contribution is -2.48. The smallest absolute Gasteiger partial charge is 0.264 e. The zero-order valence-electron chi connectivity index (χ0n) is 12.4. The van der Waals surface area contributed by atoms with E-state index in [0.717, 1.165) is 43.3 Å². The molecule has 1 saturated carbocycles. The van der Waals surface area contributed by atoms with E-state index in [-0.39, 0.29) is 5.91 Å². The van der Waals surface area contributed by atoms with E-state index < -0.39 is 0 Å². The molecular weight excluding hydrogens is 314 g/mol. The number of thiazole rings is 1. The lowest BCUT2D eigenvalue weighted by Gasteiger charge is -2.34. The molecule has 1 amide bonds.